The van der Waals surface area contributed by atoms with Gasteiger partial charge in [-0.25, -0.2) is 0 Å². The van der Waals surface area contributed by atoms with Gasteiger partial charge < -0.3 is 5.32 Å². The molecule has 15 heavy (non-hydrogen) atoms. The summed E-state index contributed by atoms with van der Waals surface area (Å²) in [6.07, 6.45) is 1.01. The Labute approximate surface area is 91.7 Å². The Morgan fingerprint density at radius 2 is 1.87 bits per heavy atom. The molecule has 0 aliphatic heterocycles. The minimum absolute atomic E-state index is 0.0949. The van der Waals surface area contributed by atoms with Crippen LogP contribution in [0.2, 0.25) is 0 Å². The minimum Gasteiger partial charge on any atom is -0.308 e. The molecule has 0 bridgehead atoms. The molecule has 1 unspecified atom stereocenters. The van der Waals surface area contributed by atoms with E-state index in [0.717, 1.165) is 18.5 Å². The van der Waals surface area contributed by atoms with Crippen molar-refractivity contribution in [3.8, 4) is 0 Å². The van der Waals surface area contributed by atoms with Gasteiger partial charge in [-0.1, -0.05) is 38.1 Å². The fraction of sp³-hybridized carbons (Fsp3) is 0.462. The number of Topliss-reactive ketones (excluding diaryl/α,β-unsaturated/α-hetero) is 1. The Morgan fingerprint density at radius 1 is 1.27 bits per heavy atom. The highest BCUT2D eigenvalue weighted by Crippen LogP contribution is 2.07. The molecule has 1 rings (SSSR count). The number of carbonyl (C=O) groups excluding carboxylic acids is 1. The number of ketones is 1. The first-order chi connectivity index (χ1) is 7.19. The number of nitrogens with one attached hydrogen (secondary N) is 1. The van der Waals surface area contributed by atoms with Gasteiger partial charge in [0.25, 0.3) is 0 Å². The van der Waals surface area contributed by atoms with Crippen molar-refractivity contribution in [3.05, 3.63) is 35.4 Å². The van der Waals surface area contributed by atoms with Crippen LogP contribution in [0.5, 0.6) is 0 Å². The molecule has 0 heterocycles. The molecule has 1 N–H and O–H groups in total. The monoisotopic (exact) mass is 205 g/mol. The van der Waals surface area contributed by atoms with Crippen LogP contribution in [0.25, 0.3) is 0 Å². The molecule has 0 aromatic heterocycles. The molecule has 0 spiro atoms. The average molecular weight is 205 g/mol. The lowest BCUT2D eigenvalue weighted by molar-refractivity contribution is 0.0952. The van der Waals surface area contributed by atoms with Crippen LogP contribution in [0, 0.1) is 0 Å². The molecule has 1 aromatic rings. The lowest BCUT2D eigenvalue weighted by Gasteiger charge is -2.11. The zero-order valence-electron chi connectivity index (χ0n) is 9.71. The van der Waals surface area contributed by atoms with Crippen molar-refractivity contribution in [2.24, 2.45) is 0 Å². The summed E-state index contributed by atoms with van der Waals surface area (Å²) in [5.41, 5.74) is 2.06. The summed E-state index contributed by atoms with van der Waals surface area (Å²) in [5, 5.41) is 3.12. The molecule has 0 saturated heterocycles. The van der Waals surface area contributed by atoms with E-state index in [9.17, 15) is 4.79 Å². The van der Waals surface area contributed by atoms with Crippen LogP contribution in [0.15, 0.2) is 24.3 Å². The standard InChI is InChI=1S/C13H19NO/c1-4-11-6-8-12(9-7-11)13(15)10(3)14-5-2/h6-10,14H,4-5H2,1-3H3. The van der Waals surface area contributed by atoms with Crippen LogP contribution in [-0.2, 0) is 6.42 Å². The molecule has 0 radical (unpaired) electrons. The molecule has 0 saturated carbocycles. The van der Waals surface area contributed by atoms with Gasteiger partial charge in [-0.2, -0.15) is 0 Å². The molecule has 0 aliphatic carbocycles. The van der Waals surface area contributed by atoms with Gasteiger partial charge in [-0.3, -0.25) is 4.79 Å². The normalized spacial score (nSPS) is 12.5. The Kier molecular flexibility index (Phi) is 4.50. The number of rotatable bonds is 5. The third kappa shape index (κ3) is 3.17. The van der Waals surface area contributed by atoms with E-state index in [1.807, 2.05) is 38.1 Å². The van der Waals surface area contributed by atoms with E-state index >= 15 is 0 Å². The topological polar surface area (TPSA) is 29.1 Å². The molecular weight excluding hydrogens is 186 g/mol. The van der Waals surface area contributed by atoms with Gasteiger partial charge in [0.15, 0.2) is 5.78 Å². The van der Waals surface area contributed by atoms with Gasteiger partial charge in [0.05, 0.1) is 6.04 Å². The van der Waals surface area contributed by atoms with E-state index in [-0.39, 0.29) is 11.8 Å². The van der Waals surface area contributed by atoms with Gasteiger partial charge in [0.2, 0.25) is 0 Å². The van der Waals surface area contributed by atoms with Crippen molar-refractivity contribution in [1.82, 2.24) is 5.32 Å². The lowest BCUT2D eigenvalue weighted by atomic mass is 10.0. The van der Waals surface area contributed by atoms with Crippen molar-refractivity contribution in [2.45, 2.75) is 33.2 Å². The molecule has 0 amide bonds. The van der Waals surface area contributed by atoms with Crippen molar-refractivity contribution in [2.75, 3.05) is 6.54 Å². The molecule has 2 heteroatoms. The highest BCUT2D eigenvalue weighted by molar-refractivity contribution is 5.99. The highest BCUT2D eigenvalue weighted by Gasteiger charge is 2.13. The highest BCUT2D eigenvalue weighted by atomic mass is 16.1. The van der Waals surface area contributed by atoms with E-state index in [1.54, 1.807) is 0 Å². The summed E-state index contributed by atoms with van der Waals surface area (Å²) < 4.78 is 0. The third-order valence-corrected chi connectivity index (χ3v) is 2.55. The first-order valence-electron chi connectivity index (χ1n) is 5.55. The first-order valence-corrected chi connectivity index (χ1v) is 5.55. The van der Waals surface area contributed by atoms with Gasteiger partial charge in [0.1, 0.15) is 0 Å². The maximum atomic E-state index is 11.9. The van der Waals surface area contributed by atoms with Gasteiger partial charge in [0, 0.05) is 5.56 Å². The quantitative estimate of drug-likeness (QED) is 0.748. The number of aryl methyl sites for hydroxylation is 1. The zero-order chi connectivity index (χ0) is 11.3. The van der Waals surface area contributed by atoms with E-state index in [4.69, 9.17) is 0 Å². The molecule has 0 aliphatic rings. The van der Waals surface area contributed by atoms with Crippen molar-refractivity contribution in [1.29, 1.82) is 0 Å². The molecule has 82 valence electrons. The summed E-state index contributed by atoms with van der Waals surface area (Å²) in [6, 6.07) is 7.77. The lowest BCUT2D eigenvalue weighted by Crippen LogP contribution is -2.33. The molecule has 2 nitrogen and oxygen atoms in total. The van der Waals surface area contributed by atoms with E-state index in [0.29, 0.717) is 0 Å². The second-order valence-electron chi connectivity index (χ2n) is 3.69. The smallest absolute Gasteiger partial charge is 0.179 e. The molecular formula is C13H19NO. The Balaban J connectivity index is 2.73. The largest absolute Gasteiger partial charge is 0.308 e. The summed E-state index contributed by atoms with van der Waals surface area (Å²) >= 11 is 0. The average Bonchev–Trinajstić information content (AvgIpc) is 2.28. The van der Waals surface area contributed by atoms with Crippen LogP contribution in [-0.4, -0.2) is 18.4 Å². The zero-order valence-corrected chi connectivity index (χ0v) is 9.71. The van der Waals surface area contributed by atoms with E-state index in [2.05, 4.69) is 12.2 Å². The fourth-order valence-electron chi connectivity index (χ4n) is 1.55. The second kappa shape index (κ2) is 5.66. The van der Waals surface area contributed by atoms with Crippen molar-refractivity contribution in [3.63, 3.8) is 0 Å². The Bertz CT molecular complexity index is 316. The molecule has 1 atom stereocenters. The Morgan fingerprint density at radius 3 is 2.33 bits per heavy atom. The first kappa shape index (κ1) is 11.9. The van der Waals surface area contributed by atoms with Crippen LogP contribution < -0.4 is 5.32 Å². The number of carbonyl (C=O) groups is 1. The molecule has 1 aromatic carbocycles. The maximum absolute atomic E-state index is 11.9. The SMILES string of the molecule is CCNC(C)C(=O)c1ccc(CC)cc1. The van der Waals surface area contributed by atoms with E-state index < -0.39 is 0 Å². The molecule has 0 fully saturated rings. The summed E-state index contributed by atoms with van der Waals surface area (Å²) in [4.78, 5) is 11.9. The number of hydrogen-bond donors (Lipinski definition) is 1. The maximum Gasteiger partial charge on any atom is 0.179 e. The summed E-state index contributed by atoms with van der Waals surface area (Å²) in [5.74, 6) is 0.166. The van der Waals surface area contributed by atoms with Crippen LogP contribution in [0.4, 0.5) is 0 Å². The fourth-order valence-corrected chi connectivity index (χ4v) is 1.55. The third-order valence-electron chi connectivity index (χ3n) is 2.55. The number of benzene rings is 1. The summed E-state index contributed by atoms with van der Waals surface area (Å²) in [7, 11) is 0. The second-order valence-corrected chi connectivity index (χ2v) is 3.69. The van der Waals surface area contributed by atoms with Crippen LogP contribution in [0.3, 0.4) is 0 Å². The van der Waals surface area contributed by atoms with E-state index in [1.165, 1.54) is 5.56 Å². The summed E-state index contributed by atoms with van der Waals surface area (Å²) in [6.45, 7) is 6.83. The predicted octanol–water partition coefficient (Wildman–Crippen LogP) is 2.43. The minimum atomic E-state index is -0.0949. The van der Waals surface area contributed by atoms with Gasteiger partial charge in [-0.05, 0) is 25.5 Å². The van der Waals surface area contributed by atoms with Crippen LogP contribution in [0.1, 0.15) is 36.7 Å². The Hall–Kier alpha value is -1.15. The number of hydrogen-bond acceptors (Lipinski definition) is 2. The van der Waals surface area contributed by atoms with Crippen molar-refractivity contribution >= 4 is 5.78 Å². The van der Waals surface area contributed by atoms with Crippen LogP contribution >= 0.6 is 0 Å². The van der Waals surface area contributed by atoms with Crippen molar-refractivity contribution < 1.29 is 4.79 Å². The number of likely N-dealkylation sites (N-methyl/N-ethyl adjacent to an activating group) is 1. The van der Waals surface area contributed by atoms with Gasteiger partial charge in [-0.15, -0.1) is 0 Å². The van der Waals surface area contributed by atoms with Gasteiger partial charge >= 0.3 is 0 Å². The predicted molar refractivity (Wildman–Crippen MR) is 63.3 cm³/mol.